The molecule has 0 spiro atoms. The first-order valence-corrected chi connectivity index (χ1v) is 7.76. The van der Waals surface area contributed by atoms with Crippen LogP contribution in [0.25, 0.3) is 0 Å². The number of rotatable bonds is 4. The highest BCUT2D eigenvalue weighted by molar-refractivity contribution is 6.08. The van der Waals surface area contributed by atoms with Crippen molar-refractivity contribution in [2.75, 3.05) is 0 Å². The zero-order chi connectivity index (χ0) is 15.7. The maximum atomic E-state index is 12.8. The van der Waals surface area contributed by atoms with E-state index in [0.29, 0.717) is 30.8 Å². The number of carboxylic acids is 1. The van der Waals surface area contributed by atoms with E-state index in [1.165, 1.54) is 0 Å². The number of aryl methyl sites for hydroxylation is 1. The van der Waals surface area contributed by atoms with Crippen molar-refractivity contribution in [3.8, 4) is 0 Å². The molecule has 2 aromatic heterocycles. The number of aromatic amines is 1. The zero-order valence-electron chi connectivity index (χ0n) is 12.6. The molecular formula is C17H20N2O3. The van der Waals surface area contributed by atoms with Crippen LogP contribution in [0.2, 0.25) is 0 Å². The quantitative estimate of drug-likeness (QED) is 0.852. The second-order valence-corrected chi connectivity index (χ2v) is 5.75. The number of aromatic nitrogens is 2. The minimum Gasteiger partial charge on any atom is -0.481 e. The summed E-state index contributed by atoms with van der Waals surface area (Å²) in [6.45, 7) is 2.71. The molecule has 0 radical (unpaired) electrons. The van der Waals surface area contributed by atoms with Gasteiger partial charge in [0.05, 0.1) is 17.3 Å². The Balaban J connectivity index is 2.14. The van der Waals surface area contributed by atoms with Crippen LogP contribution < -0.4 is 0 Å². The molecule has 116 valence electrons. The van der Waals surface area contributed by atoms with Gasteiger partial charge in [0.25, 0.3) is 0 Å². The molecule has 0 aromatic carbocycles. The standard InChI is InChI=1S/C17H20N2O3/c1-2-11-10-14-12(17(21)22)6-3-4-9-19(14)15(11)16(20)13-7-5-8-18-13/h5,7-8,10,12,18H,2-4,6,9H2,1H3,(H,21,22). The molecule has 1 aliphatic rings. The lowest BCUT2D eigenvalue weighted by Crippen LogP contribution is -2.17. The Labute approximate surface area is 129 Å². The largest absolute Gasteiger partial charge is 0.481 e. The molecule has 0 aliphatic carbocycles. The maximum absolute atomic E-state index is 12.8. The van der Waals surface area contributed by atoms with E-state index in [2.05, 4.69) is 4.98 Å². The lowest BCUT2D eigenvalue weighted by atomic mass is 9.99. The van der Waals surface area contributed by atoms with Gasteiger partial charge in [0.2, 0.25) is 5.78 Å². The normalized spacial score (nSPS) is 17.8. The van der Waals surface area contributed by atoms with Crippen LogP contribution in [0.3, 0.4) is 0 Å². The van der Waals surface area contributed by atoms with E-state index in [1.807, 2.05) is 17.6 Å². The highest BCUT2D eigenvalue weighted by Crippen LogP contribution is 2.32. The third-order valence-corrected chi connectivity index (χ3v) is 4.43. The fourth-order valence-corrected chi connectivity index (χ4v) is 3.31. The summed E-state index contributed by atoms with van der Waals surface area (Å²) >= 11 is 0. The summed E-state index contributed by atoms with van der Waals surface area (Å²) in [5.74, 6) is -1.38. The third-order valence-electron chi connectivity index (χ3n) is 4.43. The Hall–Kier alpha value is -2.30. The van der Waals surface area contributed by atoms with Gasteiger partial charge in [-0.1, -0.05) is 13.3 Å². The minimum atomic E-state index is -0.804. The van der Waals surface area contributed by atoms with Crippen LogP contribution in [-0.2, 0) is 17.8 Å². The van der Waals surface area contributed by atoms with E-state index in [0.717, 1.165) is 24.1 Å². The van der Waals surface area contributed by atoms with Crippen LogP contribution in [0.5, 0.6) is 0 Å². The number of aliphatic carboxylic acids is 1. The average molecular weight is 300 g/mol. The number of carbonyl (C=O) groups excluding carboxylic acids is 1. The predicted molar refractivity (Wildman–Crippen MR) is 82.3 cm³/mol. The fourth-order valence-electron chi connectivity index (χ4n) is 3.31. The van der Waals surface area contributed by atoms with Crippen LogP contribution in [-0.4, -0.2) is 26.4 Å². The highest BCUT2D eigenvalue weighted by Gasteiger charge is 2.30. The molecule has 1 atom stereocenters. The molecule has 5 nitrogen and oxygen atoms in total. The number of carboxylic acid groups (broad SMARTS) is 1. The molecule has 0 fully saturated rings. The van der Waals surface area contributed by atoms with E-state index < -0.39 is 11.9 Å². The van der Waals surface area contributed by atoms with Gasteiger partial charge in [-0.05, 0) is 43.0 Å². The second-order valence-electron chi connectivity index (χ2n) is 5.75. The molecule has 1 unspecified atom stereocenters. The number of H-pyrrole nitrogens is 1. The smallest absolute Gasteiger partial charge is 0.312 e. The van der Waals surface area contributed by atoms with E-state index in [9.17, 15) is 14.7 Å². The van der Waals surface area contributed by atoms with Crippen molar-refractivity contribution >= 4 is 11.8 Å². The topological polar surface area (TPSA) is 75.1 Å². The number of hydrogen-bond acceptors (Lipinski definition) is 2. The first-order valence-electron chi connectivity index (χ1n) is 7.76. The Bertz CT molecular complexity index is 698. The highest BCUT2D eigenvalue weighted by atomic mass is 16.4. The molecule has 3 heterocycles. The van der Waals surface area contributed by atoms with Crippen LogP contribution in [0.1, 0.15) is 59.5 Å². The van der Waals surface area contributed by atoms with Gasteiger partial charge in [-0.2, -0.15) is 0 Å². The molecule has 22 heavy (non-hydrogen) atoms. The van der Waals surface area contributed by atoms with Gasteiger partial charge >= 0.3 is 5.97 Å². The summed E-state index contributed by atoms with van der Waals surface area (Å²) in [7, 11) is 0. The number of nitrogens with one attached hydrogen (secondary N) is 1. The van der Waals surface area contributed by atoms with Gasteiger partial charge in [0, 0.05) is 18.4 Å². The Kier molecular flexibility index (Phi) is 3.88. The molecule has 2 aromatic rings. The van der Waals surface area contributed by atoms with E-state index >= 15 is 0 Å². The molecule has 5 heteroatoms. The van der Waals surface area contributed by atoms with Crippen molar-refractivity contribution in [2.24, 2.45) is 0 Å². The molecule has 3 rings (SSSR count). The van der Waals surface area contributed by atoms with Crippen molar-refractivity contribution in [3.05, 3.63) is 47.0 Å². The lowest BCUT2D eigenvalue weighted by molar-refractivity contribution is -0.139. The number of hydrogen-bond donors (Lipinski definition) is 2. The van der Waals surface area contributed by atoms with Gasteiger partial charge in [-0.3, -0.25) is 9.59 Å². The van der Waals surface area contributed by atoms with Crippen LogP contribution in [0.4, 0.5) is 0 Å². The van der Waals surface area contributed by atoms with Gasteiger partial charge in [0.1, 0.15) is 0 Å². The Morgan fingerprint density at radius 3 is 2.86 bits per heavy atom. The van der Waals surface area contributed by atoms with Gasteiger partial charge < -0.3 is 14.7 Å². The molecule has 0 saturated heterocycles. The molecule has 0 saturated carbocycles. The van der Waals surface area contributed by atoms with Gasteiger partial charge in [0.15, 0.2) is 0 Å². The van der Waals surface area contributed by atoms with Crippen molar-refractivity contribution in [2.45, 2.75) is 45.1 Å². The number of carbonyl (C=O) groups is 2. The van der Waals surface area contributed by atoms with Crippen molar-refractivity contribution in [3.63, 3.8) is 0 Å². The Morgan fingerprint density at radius 1 is 1.41 bits per heavy atom. The number of nitrogens with zero attached hydrogens (tertiary/aromatic N) is 1. The molecule has 2 N–H and O–H groups in total. The number of ketones is 1. The van der Waals surface area contributed by atoms with Gasteiger partial charge in [-0.15, -0.1) is 0 Å². The lowest BCUT2D eigenvalue weighted by Gasteiger charge is -2.13. The monoisotopic (exact) mass is 300 g/mol. The molecule has 0 bridgehead atoms. The van der Waals surface area contributed by atoms with Crippen LogP contribution in [0, 0.1) is 0 Å². The minimum absolute atomic E-state index is 0.0564. The van der Waals surface area contributed by atoms with E-state index in [4.69, 9.17) is 0 Å². The van der Waals surface area contributed by atoms with E-state index in [-0.39, 0.29) is 5.78 Å². The van der Waals surface area contributed by atoms with Crippen LogP contribution in [0.15, 0.2) is 24.4 Å². The first kappa shape index (κ1) is 14.6. The SMILES string of the molecule is CCc1cc2n(c1C(=O)c1ccc[nH]1)CCCCC2C(=O)O. The van der Waals surface area contributed by atoms with Crippen molar-refractivity contribution in [1.82, 2.24) is 9.55 Å². The number of fused-ring (bicyclic) bond motifs is 1. The Morgan fingerprint density at radius 2 is 2.23 bits per heavy atom. The summed E-state index contributed by atoms with van der Waals surface area (Å²) in [5.41, 5.74) is 2.90. The van der Waals surface area contributed by atoms with Crippen molar-refractivity contribution in [1.29, 1.82) is 0 Å². The van der Waals surface area contributed by atoms with Crippen molar-refractivity contribution < 1.29 is 14.7 Å². The molecule has 1 aliphatic heterocycles. The first-order chi connectivity index (χ1) is 10.6. The maximum Gasteiger partial charge on any atom is 0.312 e. The second kappa shape index (κ2) is 5.83. The molecular weight excluding hydrogens is 280 g/mol. The zero-order valence-corrected chi connectivity index (χ0v) is 12.6. The summed E-state index contributed by atoms with van der Waals surface area (Å²) in [5, 5.41) is 9.50. The fraction of sp³-hybridized carbons (Fsp3) is 0.412. The summed E-state index contributed by atoms with van der Waals surface area (Å²) in [6, 6.07) is 5.47. The third kappa shape index (κ3) is 2.36. The summed E-state index contributed by atoms with van der Waals surface area (Å²) in [6.07, 6.45) is 4.85. The average Bonchev–Trinajstić information content (AvgIpc) is 3.10. The summed E-state index contributed by atoms with van der Waals surface area (Å²) < 4.78 is 1.94. The van der Waals surface area contributed by atoms with Crippen LogP contribution >= 0.6 is 0 Å². The van der Waals surface area contributed by atoms with Gasteiger partial charge in [-0.25, -0.2) is 0 Å². The summed E-state index contributed by atoms with van der Waals surface area (Å²) in [4.78, 5) is 27.3. The predicted octanol–water partition coefficient (Wildman–Crippen LogP) is 2.96. The molecule has 0 amide bonds. The van der Waals surface area contributed by atoms with E-state index in [1.54, 1.807) is 18.3 Å².